The predicted octanol–water partition coefficient (Wildman–Crippen LogP) is 2.96. The van der Waals surface area contributed by atoms with Crippen LogP contribution in [0.5, 0.6) is 0 Å². The molecule has 0 N–H and O–H groups in total. The molecule has 0 radical (unpaired) electrons. The smallest absolute Gasteiger partial charge is 0.390 e. The Morgan fingerprint density at radius 2 is 1.94 bits per heavy atom. The van der Waals surface area contributed by atoms with Crippen LogP contribution in [0.3, 0.4) is 0 Å². The lowest BCUT2D eigenvalue weighted by Crippen LogP contribution is -2.31. The molecule has 1 aromatic carbocycles. The molecule has 0 atom stereocenters. The Hall–Kier alpha value is -4.14. The number of hydrogen-bond acceptors (Lipinski definition) is 7. The van der Waals surface area contributed by atoms with E-state index >= 15 is 0 Å². The van der Waals surface area contributed by atoms with Crippen LogP contribution in [0.4, 0.5) is 0 Å². The molecule has 0 aliphatic heterocycles. The van der Waals surface area contributed by atoms with Crippen LogP contribution >= 0.6 is 0 Å². The molecule has 9 heteroatoms. The van der Waals surface area contributed by atoms with E-state index in [0.717, 1.165) is 29.3 Å². The first-order valence-corrected chi connectivity index (χ1v) is 10.8. The molecule has 1 aliphatic rings. The van der Waals surface area contributed by atoms with Crippen LogP contribution in [-0.4, -0.2) is 29.3 Å². The lowest BCUT2D eigenvalue weighted by Gasteiger charge is -2.34. The molecule has 5 aromatic rings. The van der Waals surface area contributed by atoms with Crippen molar-refractivity contribution in [2.75, 3.05) is 0 Å². The summed E-state index contributed by atoms with van der Waals surface area (Å²) in [5, 5.41) is 5.94. The lowest BCUT2D eigenvalue weighted by molar-refractivity contribution is 0.233. The number of nitrogens with zero attached hydrogens (tertiary/aromatic N) is 6. The summed E-state index contributed by atoms with van der Waals surface area (Å²) >= 11 is 0. The standard InChI is InChI=1S/C24H20N6O3/c1-14-6-8-26-22-21(14)23(31)29(13-27-22)12-20-28-30(24(32)33-20)18-10-17(11-18)15-4-5-19-16(9-15)3-2-7-25-19/h2-9,13,17-18H,10-12H2,1H3. The fourth-order valence-corrected chi connectivity index (χ4v) is 4.52. The summed E-state index contributed by atoms with van der Waals surface area (Å²) in [5.41, 5.74) is 3.16. The van der Waals surface area contributed by atoms with Gasteiger partial charge < -0.3 is 4.42 Å². The Balaban J connectivity index is 1.21. The third-order valence-electron chi connectivity index (χ3n) is 6.41. The molecule has 1 saturated carbocycles. The van der Waals surface area contributed by atoms with Gasteiger partial charge in [0.1, 0.15) is 12.9 Å². The Bertz CT molecular complexity index is 1630. The van der Waals surface area contributed by atoms with Crippen LogP contribution in [0, 0.1) is 6.92 Å². The monoisotopic (exact) mass is 440 g/mol. The van der Waals surface area contributed by atoms with Gasteiger partial charge in [-0.1, -0.05) is 12.1 Å². The Morgan fingerprint density at radius 3 is 2.82 bits per heavy atom. The minimum atomic E-state index is -0.504. The van der Waals surface area contributed by atoms with E-state index in [9.17, 15) is 9.59 Å². The maximum absolute atomic E-state index is 12.9. The van der Waals surface area contributed by atoms with Gasteiger partial charge in [0.25, 0.3) is 5.56 Å². The van der Waals surface area contributed by atoms with Crippen molar-refractivity contribution in [1.82, 2.24) is 29.3 Å². The summed E-state index contributed by atoms with van der Waals surface area (Å²) in [4.78, 5) is 38.1. The van der Waals surface area contributed by atoms with E-state index in [1.807, 2.05) is 19.1 Å². The summed E-state index contributed by atoms with van der Waals surface area (Å²) in [6, 6.07) is 12.0. The van der Waals surface area contributed by atoms with Gasteiger partial charge in [-0.3, -0.25) is 14.3 Å². The molecule has 1 fully saturated rings. The van der Waals surface area contributed by atoms with E-state index in [2.05, 4.69) is 38.2 Å². The van der Waals surface area contributed by atoms with E-state index < -0.39 is 5.76 Å². The average molecular weight is 440 g/mol. The molecule has 0 spiro atoms. The van der Waals surface area contributed by atoms with Gasteiger partial charge in [0.15, 0.2) is 5.65 Å². The van der Waals surface area contributed by atoms with Gasteiger partial charge in [0.05, 0.1) is 16.9 Å². The Labute approximate surface area is 187 Å². The maximum Gasteiger partial charge on any atom is 0.437 e. The zero-order valence-electron chi connectivity index (χ0n) is 17.9. The average Bonchev–Trinajstić information content (AvgIpc) is 3.14. The van der Waals surface area contributed by atoms with Gasteiger partial charge in [0.2, 0.25) is 5.89 Å². The van der Waals surface area contributed by atoms with Crippen LogP contribution in [0.15, 0.2) is 69.1 Å². The molecule has 6 rings (SSSR count). The topological polar surface area (TPSA) is 109 Å². The number of aromatic nitrogens is 6. The molecular formula is C24H20N6O3. The van der Waals surface area contributed by atoms with Crippen LogP contribution in [-0.2, 0) is 6.54 Å². The molecule has 0 amide bonds. The lowest BCUT2D eigenvalue weighted by atomic mass is 9.75. The van der Waals surface area contributed by atoms with Crippen molar-refractivity contribution in [3.05, 3.63) is 93.0 Å². The van der Waals surface area contributed by atoms with Crippen molar-refractivity contribution < 1.29 is 4.42 Å². The summed E-state index contributed by atoms with van der Waals surface area (Å²) < 4.78 is 8.15. The summed E-state index contributed by atoms with van der Waals surface area (Å²) in [6.45, 7) is 1.87. The highest BCUT2D eigenvalue weighted by molar-refractivity contribution is 5.79. The number of rotatable bonds is 4. The van der Waals surface area contributed by atoms with Crippen molar-refractivity contribution in [2.24, 2.45) is 0 Å². The molecular weight excluding hydrogens is 420 g/mol. The number of pyridine rings is 2. The molecule has 33 heavy (non-hydrogen) atoms. The fourth-order valence-electron chi connectivity index (χ4n) is 4.52. The van der Waals surface area contributed by atoms with Crippen molar-refractivity contribution >= 4 is 21.9 Å². The Kier molecular flexibility index (Phi) is 4.42. The van der Waals surface area contributed by atoms with Crippen molar-refractivity contribution in [3.63, 3.8) is 0 Å². The summed E-state index contributed by atoms with van der Waals surface area (Å²) in [7, 11) is 0. The zero-order valence-corrected chi connectivity index (χ0v) is 17.9. The number of fused-ring (bicyclic) bond motifs is 2. The van der Waals surface area contributed by atoms with Crippen molar-refractivity contribution in [1.29, 1.82) is 0 Å². The highest BCUT2D eigenvalue weighted by Gasteiger charge is 2.34. The minimum absolute atomic E-state index is 0.0255. The van der Waals surface area contributed by atoms with E-state index in [1.54, 1.807) is 18.5 Å². The van der Waals surface area contributed by atoms with Gasteiger partial charge in [-0.15, -0.1) is 5.10 Å². The van der Waals surface area contributed by atoms with E-state index in [4.69, 9.17) is 4.42 Å². The highest BCUT2D eigenvalue weighted by Crippen LogP contribution is 2.44. The van der Waals surface area contributed by atoms with E-state index in [0.29, 0.717) is 17.0 Å². The molecule has 0 unspecified atom stereocenters. The minimum Gasteiger partial charge on any atom is -0.390 e. The molecule has 9 nitrogen and oxygen atoms in total. The molecule has 164 valence electrons. The number of hydrogen-bond donors (Lipinski definition) is 0. The summed E-state index contributed by atoms with van der Waals surface area (Å²) in [6.07, 6.45) is 6.43. The van der Waals surface area contributed by atoms with Crippen molar-refractivity contribution in [2.45, 2.75) is 38.3 Å². The normalized spacial score (nSPS) is 18.0. The first kappa shape index (κ1) is 19.5. The second kappa shape index (κ2) is 7.47. The van der Waals surface area contributed by atoms with Crippen LogP contribution < -0.4 is 11.3 Å². The largest absolute Gasteiger partial charge is 0.437 e. The molecule has 0 saturated heterocycles. The van der Waals surface area contributed by atoms with Crippen molar-refractivity contribution in [3.8, 4) is 0 Å². The Morgan fingerprint density at radius 1 is 1.06 bits per heavy atom. The zero-order chi connectivity index (χ0) is 22.5. The molecule has 0 bridgehead atoms. The predicted molar refractivity (Wildman–Crippen MR) is 121 cm³/mol. The maximum atomic E-state index is 12.9. The third-order valence-corrected chi connectivity index (χ3v) is 6.41. The quantitative estimate of drug-likeness (QED) is 0.423. The first-order valence-electron chi connectivity index (χ1n) is 10.8. The number of aryl methyl sites for hydroxylation is 1. The third kappa shape index (κ3) is 3.32. The molecule has 4 aromatic heterocycles. The first-order chi connectivity index (χ1) is 16.1. The second-order valence-corrected chi connectivity index (χ2v) is 8.49. The van der Waals surface area contributed by atoms with Gasteiger partial charge in [-0.2, -0.15) is 4.68 Å². The van der Waals surface area contributed by atoms with E-state index in [-0.39, 0.29) is 24.0 Å². The van der Waals surface area contributed by atoms with E-state index in [1.165, 1.54) is 21.1 Å². The second-order valence-electron chi connectivity index (χ2n) is 8.49. The van der Waals surface area contributed by atoms with Gasteiger partial charge >= 0.3 is 5.76 Å². The molecule has 4 heterocycles. The van der Waals surface area contributed by atoms with Gasteiger partial charge in [-0.25, -0.2) is 14.8 Å². The summed E-state index contributed by atoms with van der Waals surface area (Å²) in [5.74, 6) is 0.0373. The number of benzene rings is 1. The van der Waals surface area contributed by atoms with Gasteiger partial charge in [-0.05, 0) is 61.1 Å². The van der Waals surface area contributed by atoms with Crippen LogP contribution in [0.2, 0.25) is 0 Å². The van der Waals surface area contributed by atoms with Crippen LogP contribution in [0.1, 0.15) is 41.8 Å². The highest BCUT2D eigenvalue weighted by atomic mass is 16.4. The van der Waals surface area contributed by atoms with Crippen LogP contribution in [0.25, 0.3) is 21.9 Å². The fraction of sp³-hybridized carbons (Fsp3) is 0.250. The van der Waals surface area contributed by atoms with Gasteiger partial charge in [0, 0.05) is 17.8 Å². The SMILES string of the molecule is Cc1ccnc2ncn(Cc3nn(C4CC(c5ccc6ncccc6c5)C4)c(=O)o3)c(=O)c12. The molecule has 1 aliphatic carbocycles.